The molecule has 0 aliphatic carbocycles. The minimum atomic E-state index is -0.415. The smallest absolute Gasteiger partial charge is 0.269 e. The number of carbonyl (C=O) groups is 1. The second-order valence-corrected chi connectivity index (χ2v) is 4.01. The van der Waals surface area contributed by atoms with Gasteiger partial charge in [-0.3, -0.25) is 14.9 Å². The summed E-state index contributed by atoms with van der Waals surface area (Å²) in [5.41, 5.74) is 1.75. The van der Waals surface area contributed by atoms with Gasteiger partial charge in [-0.05, 0) is 25.0 Å². The molecule has 2 rings (SSSR count). The molecule has 16 heavy (non-hydrogen) atoms. The summed E-state index contributed by atoms with van der Waals surface area (Å²) in [5.74, 6) is -0.0277. The first kappa shape index (κ1) is 10.6. The van der Waals surface area contributed by atoms with Crippen LogP contribution in [0.4, 0.5) is 11.4 Å². The zero-order valence-corrected chi connectivity index (χ0v) is 9.14. The molecule has 0 bridgehead atoms. The fourth-order valence-electron chi connectivity index (χ4n) is 2.21. The van der Waals surface area contributed by atoms with Crippen molar-refractivity contribution in [3.8, 4) is 0 Å². The van der Waals surface area contributed by atoms with Crippen LogP contribution in [0.15, 0.2) is 18.2 Å². The lowest BCUT2D eigenvalue weighted by Gasteiger charge is -2.20. The summed E-state index contributed by atoms with van der Waals surface area (Å²) in [6.45, 7) is 3.44. The fraction of sp³-hybridized carbons (Fsp3) is 0.364. The fourth-order valence-corrected chi connectivity index (χ4v) is 2.21. The Morgan fingerprint density at radius 1 is 1.56 bits per heavy atom. The Kier molecular flexibility index (Phi) is 2.38. The molecule has 1 aromatic carbocycles. The molecule has 1 aliphatic rings. The summed E-state index contributed by atoms with van der Waals surface area (Å²) in [6.07, 6.45) is 0.677. The van der Waals surface area contributed by atoms with Crippen molar-refractivity contribution in [3.63, 3.8) is 0 Å². The lowest BCUT2D eigenvalue weighted by Crippen LogP contribution is -2.33. The van der Waals surface area contributed by atoms with Crippen LogP contribution in [0.5, 0.6) is 0 Å². The number of hydrogen-bond donors (Lipinski definition) is 0. The number of fused-ring (bicyclic) bond motifs is 1. The zero-order valence-electron chi connectivity index (χ0n) is 9.14. The summed E-state index contributed by atoms with van der Waals surface area (Å²) >= 11 is 0. The van der Waals surface area contributed by atoms with Gasteiger partial charge in [0.25, 0.3) is 5.69 Å². The van der Waals surface area contributed by atoms with Crippen LogP contribution in [0.2, 0.25) is 0 Å². The van der Waals surface area contributed by atoms with Crippen molar-refractivity contribution in [1.82, 2.24) is 0 Å². The Morgan fingerprint density at radius 2 is 2.25 bits per heavy atom. The maximum absolute atomic E-state index is 11.4. The molecular weight excluding hydrogens is 208 g/mol. The third kappa shape index (κ3) is 1.54. The van der Waals surface area contributed by atoms with Crippen molar-refractivity contribution in [2.24, 2.45) is 0 Å². The number of carbonyl (C=O) groups excluding carboxylic acids is 1. The van der Waals surface area contributed by atoms with E-state index in [9.17, 15) is 14.9 Å². The van der Waals surface area contributed by atoms with E-state index in [1.54, 1.807) is 17.0 Å². The second-order valence-electron chi connectivity index (χ2n) is 4.01. The number of non-ortho nitro benzene ring substituents is 1. The monoisotopic (exact) mass is 220 g/mol. The Hall–Kier alpha value is -1.91. The Morgan fingerprint density at radius 3 is 2.81 bits per heavy atom. The number of anilines is 1. The highest BCUT2D eigenvalue weighted by Gasteiger charge is 2.29. The number of benzene rings is 1. The van der Waals surface area contributed by atoms with Crippen LogP contribution in [0.25, 0.3) is 0 Å². The molecule has 0 radical (unpaired) electrons. The van der Waals surface area contributed by atoms with Gasteiger partial charge >= 0.3 is 0 Å². The van der Waals surface area contributed by atoms with Crippen LogP contribution < -0.4 is 4.90 Å². The summed E-state index contributed by atoms with van der Waals surface area (Å²) in [5, 5.41) is 10.6. The largest absolute Gasteiger partial charge is 0.309 e. The number of amides is 1. The van der Waals surface area contributed by atoms with Gasteiger partial charge in [0.2, 0.25) is 5.91 Å². The van der Waals surface area contributed by atoms with E-state index in [0.717, 1.165) is 11.3 Å². The van der Waals surface area contributed by atoms with Crippen molar-refractivity contribution in [3.05, 3.63) is 33.9 Å². The minimum absolute atomic E-state index is 0.0277. The molecule has 1 aromatic rings. The molecule has 0 aromatic heterocycles. The first-order valence-electron chi connectivity index (χ1n) is 5.08. The molecule has 0 unspecified atom stereocenters. The lowest BCUT2D eigenvalue weighted by molar-refractivity contribution is -0.384. The predicted octanol–water partition coefficient (Wildman–Crippen LogP) is 1.89. The zero-order chi connectivity index (χ0) is 11.9. The van der Waals surface area contributed by atoms with Gasteiger partial charge in [0, 0.05) is 30.8 Å². The van der Waals surface area contributed by atoms with Crippen molar-refractivity contribution in [1.29, 1.82) is 0 Å². The lowest BCUT2D eigenvalue weighted by atomic mass is 10.1. The minimum Gasteiger partial charge on any atom is -0.309 e. The highest BCUT2D eigenvalue weighted by atomic mass is 16.6. The Labute approximate surface area is 92.8 Å². The number of nitrogens with zero attached hydrogens (tertiary/aromatic N) is 2. The predicted molar refractivity (Wildman–Crippen MR) is 59.4 cm³/mol. The van der Waals surface area contributed by atoms with Crippen LogP contribution in [-0.4, -0.2) is 16.9 Å². The van der Waals surface area contributed by atoms with Gasteiger partial charge in [0.1, 0.15) is 0 Å². The summed E-state index contributed by atoms with van der Waals surface area (Å²) in [6, 6.07) is 4.72. The first-order valence-corrected chi connectivity index (χ1v) is 5.08. The first-order chi connectivity index (χ1) is 7.50. The molecular formula is C11H12N2O3. The molecule has 5 heteroatoms. The van der Waals surface area contributed by atoms with E-state index in [2.05, 4.69) is 0 Å². The Bertz CT molecular complexity index is 470. The normalized spacial score (nSPS) is 18.4. The van der Waals surface area contributed by atoms with E-state index < -0.39 is 4.92 Å². The quantitative estimate of drug-likeness (QED) is 0.536. The van der Waals surface area contributed by atoms with Crippen molar-refractivity contribution in [2.45, 2.75) is 26.3 Å². The average Bonchev–Trinajstić information content (AvgIpc) is 2.51. The molecule has 0 saturated carbocycles. The summed E-state index contributed by atoms with van der Waals surface area (Å²) < 4.78 is 0. The van der Waals surface area contributed by atoms with Gasteiger partial charge in [-0.1, -0.05) is 0 Å². The molecule has 0 fully saturated rings. The van der Waals surface area contributed by atoms with E-state index >= 15 is 0 Å². The highest BCUT2D eigenvalue weighted by molar-refractivity contribution is 5.94. The van der Waals surface area contributed by atoms with Crippen molar-refractivity contribution >= 4 is 17.3 Å². The van der Waals surface area contributed by atoms with Gasteiger partial charge in [0.05, 0.1) is 4.92 Å². The highest BCUT2D eigenvalue weighted by Crippen LogP contribution is 2.34. The average molecular weight is 220 g/mol. The van der Waals surface area contributed by atoms with E-state index in [0.29, 0.717) is 6.42 Å². The second kappa shape index (κ2) is 3.59. The van der Waals surface area contributed by atoms with Crippen LogP contribution in [0.1, 0.15) is 19.4 Å². The topological polar surface area (TPSA) is 63.5 Å². The number of hydrogen-bond acceptors (Lipinski definition) is 3. The van der Waals surface area contributed by atoms with Gasteiger partial charge in [-0.15, -0.1) is 0 Å². The van der Waals surface area contributed by atoms with E-state index in [1.165, 1.54) is 13.0 Å². The van der Waals surface area contributed by atoms with E-state index in [-0.39, 0.29) is 17.6 Å². The van der Waals surface area contributed by atoms with Gasteiger partial charge in [0.15, 0.2) is 0 Å². The van der Waals surface area contributed by atoms with Crippen LogP contribution in [0, 0.1) is 10.1 Å². The third-order valence-corrected chi connectivity index (χ3v) is 2.83. The number of nitro groups is 1. The maximum atomic E-state index is 11.4. The summed E-state index contributed by atoms with van der Waals surface area (Å²) in [7, 11) is 0. The standard InChI is InChI=1S/C11H12N2O3/c1-7-5-9-6-10(13(15)16)3-4-11(9)12(7)8(2)14/h3-4,6-7H,5H2,1-2H3/t7-/m0/s1. The van der Waals surface area contributed by atoms with Crippen molar-refractivity contribution in [2.75, 3.05) is 4.90 Å². The molecule has 1 atom stereocenters. The molecule has 84 valence electrons. The number of nitro benzene ring substituents is 1. The third-order valence-electron chi connectivity index (χ3n) is 2.83. The molecule has 0 spiro atoms. The molecule has 5 nitrogen and oxygen atoms in total. The number of rotatable bonds is 1. The molecule has 1 amide bonds. The van der Waals surface area contributed by atoms with Gasteiger partial charge < -0.3 is 4.90 Å². The molecule has 0 N–H and O–H groups in total. The van der Waals surface area contributed by atoms with Gasteiger partial charge in [-0.25, -0.2) is 0 Å². The Balaban J connectivity index is 2.46. The summed E-state index contributed by atoms with van der Waals surface area (Å²) in [4.78, 5) is 23.3. The van der Waals surface area contributed by atoms with Crippen LogP contribution >= 0.6 is 0 Å². The van der Waals surface area contributed by atoms with E-state index in [1.807, 2.05) is 6.92 Å². The van der Waals surface area contributed by atoms with Crippen LogP contribution in [0.3, 0.4) is 0 Å². The van der Waals surface area contributed by atoms with Crippen LogP contribution in [-0.2, 0) is 11.2 Å². The van der Waals surface area contributed by atoms with Gasteiger partial charge in [-0.2, -0.15) is 0 Å². The maximum Gasteiger partial charge on any atom is 0.269 e. The molecule has 1 aliphatic heterocycles. The molecule has 1 heterocycles. The molecule has 0 saturated heterocycles. The van der Waals surface area contributed by atoms with E-state index in [4.69, 9.17) is 0 Å². The SMILES string of the molecule is CC(=O)N1c2ccc([N+](=O)[O-])cc2C[C@@H]1C. The van der Waals surface area contributed by atoms with Crippen molar-refractivity contribution < 1.29 is 9.72 Å².